The first-order valence-corrected chi connectivity index (χ1v) is 11.0. The second-order valence-corrected chi connectivity index (χ2v) is 8.33. The van der Waals surface area contributed by atoms with Crippen molar-refractivity contribution in [2.24, 2.45) is 0 Å². The summed E-state index contributed by atoms with van der Waals surface area (Å²) in [7, 11) is 1.66. The standard InChI is InChI=1S/C25H22ClFN4O2/c1-33-20-4-2-3-19(14-20)29-9-11-30(12-10-29)25(32)23-16-31-15-18(6-8-24(31)28-23)17-5-7-22(27)21(26)13-17/h2-8,13-16H,9-12H2,1H3. The first-order valence-electron chi connectivity index (χ1n) is 10.6. The summed E-state index contributed by atoms with van der Waals surface area (Å²) in [6.45, 7) is 2.70. The molecule has 1 fully saturated rings. The molecule has 5 rings (SSSR count). The Morgan fingerprint density at radius 3 is 2.55 bits per heavy atom. The van der Waals surface area contributed by atoms with E-state index in [0.29, 0.717) is 24.4 Å². The van der Waals surface area contributed by atoms with Crippen LogP contribution in [0.25, 0.3) is 16.8 Å². The SMILES string of the molecule is COc1cccc(N2CCN(C(=O)c3cn4cc(-c5ccc(F)c(Cl)c5)ccc4n3)CC2)c1. The third-order valence-electron chi connectivity index (χ3n) is 5.91. The number of pyridine rings is 1. The first kappa shape index (κ1) is 21.3. The molecule has 0 saturated carbocycles. The molecule has 168 valence electrons. The summed E-state index contributed by atoms with van der Waals surface area (Å²) in [4.78, 5) is 21.7. The van der Waals surface area contributed by atoms with Crippen LogP contribution in [0.3, 0.4) is 0 Å². The van der Waals surface area contributed by atoms with Gasteiger partial charge in [-0.25, -0.2) is 9.37 Å². The monoisotopic (exact) mass is 464 g/mol. The van der Waals surface area contributed by atoms with E-state index in [2.05, 4.69) is 9.88 Å². The maximum Gasteiger partial charge on any atom is 0.274 e. The molecule has 2 aromatic heterocycles. The predicted octanol–water partition coefficient (Wildman–Crippen LogP) is 4.76. The minimum Gasteiger partial charge on any atom is -0.497 e. The molecule has 2 aromatic carbocycles. The van der Waals surface area contributed by atoms with Crippen molar-refractivity contribution in [3.8, 4) is 16.9 Å². The van der Waals surface area contributed by atoms with Crippen LogP contribution in [0.1, 0.15) is 10.5 Å². The molecule has 6 nitrogen and oxygen atoms in total. The number of nitrogens with zero attached hydrogens (tertiary/aromatic N) is 4. The lowest BCUT2D eigenvalue weighted by atomic mass is 10.1. The Hall–Kier alpha value is -3.58. The molecule has 0 spiro atoms. The van der Waals surface area contributed by atoms with Crippen LogP contribution in [0, 0.1) is 5.82 Å². The van der Waals surface area contributed by atoms with E-state index in [1.807, 2.05) is 51.9 Å². The van der Waals surface area contributed by atoms with Crippen molar-refractivity contribution in [2.75, 3.05) is 38.2 Å². The van der Waals surface area contributed by atoms with E-state index >= 15 is 0 Å². The smallest absolute Gasteiger partial charge is 0.274 e. The predicted molar refractivity (Wildman–Crippen MR) is 127 cm³/mol. The van der Waals surface area contributed by atoms with Crippen molar-refractivity contribution >= 4 is 28.8 Å². The maximum atomic E-state index is 13.5. The highest BCUT2D eigenvalue weighted by atomic mass is 35.5. The van der Waals surface area contributed by atoms with E-state index in [0.717, 1.165) is 35.7 Å². The number of methoxy groups -OCH3 is 1. The number of rotatable bonds is 4. The Labute approximate surface area is 195 Å². The highest BCUT2D eigenvalue weighted by Crippen LogP contribution is 2.26. The summed E-state index contributed by atoms with van der Waals surface area (Å²) in [5, 5.41) is 0.0715. The highest BCUT2D eigenvalue weighted by molar-refractivity contribution is 6.31. The van der Waals surface area contributed by atoms with Crippen LogP contribution >= 0.6 is 11.6 Å². The summed E-state index contributed by atoms with van der Waals surface area (Å²) >= 11 is 5.92. The van der Waals surface area contributed by atoms with E-state index in [1.165, 1.54) is 6.07 Å². The second-order valence-electron chi connectivity index (χ2n) is 7.92. The average molecular weight is 465 g/mol. The second kappa shape index (κ2) is 8.75. The van der Waals surface area contributed by atoms with Gasteiger partial charge in [0.1, 0.15) is 22.9 Å². The van der Waals surface area contributed by atoms with Crippen molar-refractivity contribution in [1.29, 1.82) is 0 Å². The fourth-order valence-electron chi connectivity index (χ4n) is 4.08. The zero-order valence-electron chi connectivity index (χ0n) is 18.0. The van der Waals surface area contributed by atoms with Crippen molar-refractivity contribution in [3.63, 3.8) is 0 Å². The molecule has 1 amide bonds. The topological polar surface area (TPSA) is 50.1 Å². The fraction of sp³-hybridized carbons (Fsp3) is 0.200. The molecule has 1 aliphatic heterocycles. The maximum absolute atomic E-state index is 13.5. The van der Waals surface area contributed by atoms with Crippen LogP contribution in [-0.4, -0.2) is 53.5 Å². The Morgan fingerprint density at radius 2 is 1.79 bits per heavy atom. The van der Waals surface area contributed by atoms with Gasteiger partial charge in [-0.3, -0.25) is 4.79 Å². The van der Waals surface area contributed by atoms with Crippen LogP contribution < -0.4 is 9.64 Å². The summed E-state index contributed by atoms with van der Waals surface area (Å²) in [5.74, 6) is 0.275. The van der Waals surface area contributed by atoms with Gasteiger partial charge in [0, 0.05) is 50.3 Å². The van der Waals surface area contributed by atoms with Gasteiger partial charge in [0.15, 0.2) is 0 Å². The number of amides is 1. The summed E-state index contributed by atoms with van der Waals surface area (Å²) < 4.78 is 20.6. The third kappa shape index (κ3) is 4.24. The molecule has 0 bridgehead atoms. The number of carbonyl (C=O) groups is 1. The third-order valence-corrected chi connectivity index (χ3v) is 6.20. The Bertz CT molecular complexity index is 1330. The number of halogens is 2. The largest absolute Gasteiger partial charge is 0.497 e. The van der Waals surface area contributed by atoms with Crippen molar-refractivity contribution < 1.29 is 13.9 Å². The van der Waals surface area contributed by atoms with E-state index in [9.17, 15) is 9.18 Å². The van der Waals surface area contributed by atoms with E-state index in [1.54, 1.807) is 25.4 Å². The molecule has 3 heterocycles. The van der Waals surface area contributed by atoms with E-state index in [4.69, 9.17) is 16.3 Å². The molecule has 0 atom stereocenters. The van der Waals surface area contributed by atoms with E-state index in [-0.39, 0.29) is 10.9 Å². The van der Waals surface area contributed by atoms with Crippen LogP contribution in [0.5, 0.6) is 5.75 Å². The molecule has 33 heavy (non-hydrogen) atoms. The first-order chi connectivity index (χ1) is 16.0. The zero-order chi connectivity index (χ0) is 22.9. The summed E-state index contributed by atoms with van der Waals surface area (Å²) in [5.41, 5.74) is 3.80. The lowest BCUT2D eigenvalue weighted by Crippen LogP contribution is -2.48. The van der Waals surface area contributed by atoms with Crippen molar-refractivity contribution in [3.05, 3.63) is 83.5 Å². The molecule has 4 aromatic rings. The molecule has 0 aliphatic carbocycles. The molecular weight excluding hydrogens is 443 g/mol. The van der Waals surface area contributed by atoms with Gasteiger partial charge < -0.3 is 18.9 Å². The van der Waals surface area contributed by atoms with Gasteiger partial charge in [-0.15, -0.1) is 0 Å². The molecule has 0 radical (unpaired) electrons. The average Bonchev–Trinajstić information content (AvgIpc) is 3.29. The Kier molecular flexibility index (Phi) is 5.64. The van der Waals surface area contributed by atoms with Gasteiger partial charge in [-0.1, -0.05) is 23.7 Å². The number of carbonyl (C=O) groups excluding carboxylic acids is 1. The lowest BCUT2D eigenvalue weighted by molar-refractivity contribution is 0.0741. The van der Waals surface area contributed by atoms with E-state index < -0.39 is 5.82 Å². The van der Waals surface area contributed by atoms with Crippen LogP contribution in [0.4, 0.5) is 10.1 Å². The van der Waals surface area contributed by atoms with Gasteiger partial charge in [0.25, 0.3) is 5.91 Å². The minimum atomic E-state index is -0.455. The van der Waals surface area contributed by atoms with Crippen molar-refractivity contribution in [2.45, 2.75) is 0 Å². The van der Waals surface area contributed by atoms with Crippen LogP contribution in [0.15, 0.2) is 67.0 Å². The van der Waals surface area contributed by atoms with Gasteiger partial charge in [-0.05, 0) is 47.5 Å². The number of piperazine rings is 1. The van der Waals surface area contributed by atoms with Gasteiger partial charge >= 0.3 is 0 Å². The summed E-state index contributed by atoms with van der Waals surface area (Å²) in [6.07, 6.45) is 3.60. The number of fused-ring (bicyclic) bond motifs is 1. The molecular formula is C25H22ClFN4O2. The highest BCUT2D eigenvalue weighted by Gasteiger charge is 2.24. The summed E-state index contributed by atoms with van der Waals surface area (Å²) in [6, 6.07) is 16.3. The zero-order valence-corrected chi connectivity index (χ0v) is 18.8. The molecule has 0 unspecified atom stereocenters. The minimum absolute atomic E-state index is 0.0715. The lowest BCUT2D eigenvalue weighted by Gasteiger charge is -2.35. The number of ether oxygens (including phenoxy) is 1. The number of hydrogen-bond donors (Lipinski definition) is 0. The molecule has 1 aliphatic rings. The number of benzene rings is 2. The van der Waals surface area contributed by atoms with Gasteiger partial charge in [-0.2, -0.15) is 0 Å². The number of anilines is 1. The van der Waals surface area contributed by atoms with Crippen LogP contribution in [-0.2, 0) is 0 Å². The molecule has 8 heteroatoms. The van der Waals surface area contributed by atoms with Gasteiger partial charge in [0.05, 0.1) is 12.1 Å². The number of hydrogen-bond acceptors (Lipinski definition) is 4. The molecule has 0 N–H and O–H groups in total. The quantitative estimate of drug-likeness (QED) is 0.437. The molecule has 1 saturated heterocycles. The number of imidazole rings is 1. The Balaban J connectivity index is 1.31. The fourth-order valence-corrected chi connectivity index (χ4v) is 4.26. The van der Waals surface area contributed by atoms with Crippen molar-refractivity contribution in [1.82, 2.24) is 14.3 Å². The number of aromatic nitrogens is 2. The van der Waals surface area contributed by atoms with Crippen LogP contribution in [0.2, 0.25) is 5.02 Å². The van der Waals surface area contributed by atoms with Gasteiger partial charge in [0.2, 0.25) is 0 Å². The normalized spacial score (nSPS) is 14.0. The Morgan fingerprint density at radius 1 is 1.00 bits per heavy atom.